The summed E-state index contributed by atoms with van der Waals surface area (Å²) >= 11 is 1.62. The summed E-state index contributed by atoms with van der Waals surface area (Å²) in [6, 6.07) is 0. The lowest BCUT2D eigenvalue weighted by Gasteiger charge is -2.11. The maximum atomic E-state index is 5.56. The minimum atomic E-state index is 0.467. The lowest BCUT2D eigenvalue weighted by Crippen LogP contribution is -2.02. The normalized spacial score (nSPS) is 13.1. The number of hydrogen-bond donors (Lipinski definition) is 0. The molecule has 0 aliphatic heterocycles. The summed E-state index contributed by atoms with van der Waals surface area (Å²) in [5, 5.41) is 12.7. The van der Waals surface area contributed by atoms with Gasteiger partial charge in [-0.3, -0.25) is 0 Å². The van der Waals surface area contributed by atoms with Crippen LogP contribution in [0, 0.1) is 11.8 Å². The van der Waals surface area contributed by atoms with E-state index in [1.54, 1.807) is 22.8 Å². The Morgan fingerprint density at radius 1 is 1.32 bits per heavy atom. The topological polar surface area (TPSA) is 69.6 Å². The van der Waals surface area contributed by atoms with E-state index in [4.69, 9.17) is 4.42 Å². The fourth-order valence-corrected chi connectivity index (χ4v) is 2.72. The maximum absolute atomic E-state index is 5.56. The minimum absolute atomic E-state index is 0.467. The molecule has 0 spiro atoms. The molecule has 0 radical (unpaired) electrons. The molecule has 0 N–H and O–H groups in total. The standard InChI is InChI=1S/C12H19N5OS/c1-9(2)4-10(3)6-19-12-16-15-11(18-12)5-17-8-13-7-14-17/h7-10H,4-6H2,1-3H3. The van der Waals surface area contributed by atoms with Crippen molar-refractivity contribution in [1.29, 1.82) is 0 Å². The number of thioether (sulfide) groups is 1. The molecule has 0 bridgehead atoms. The first-order valence-electron chi connectivity index (χ1n) is 6.41. The largest absolute Gasteiger partial charge is 0.414 e. The monoisotopic (exact) mass is 281 g/mol. The molecule has 2 aromatic heterocycles. The van der Waals surface area contributed by atoms with E-state index in [1.165, 1.54) is 12.7 Å². The zero-order valence-electron chi connectivity index (χ0n) is 11.5. The van der Waals surface area contributed by atoms with Gasteiger partial charge in [0.25, 0.3) is 5.22 Å². The average molecular weight is 281 g/mol. The molecule has 2 rings (SSSR count). The van der Waals surface area contributed by atoms with Crippen LogP contribution in [0.5, 0.6) is 0 Å². The van der Waals surface area contributed by atoms with Crippen molar-refractivity contribution in [3.63, 3.8) is 0 Å². The van der Waals surface area contributed by atoms with Crippen LogP contribution in [0.1, 0.15) is 33.1 Å². The van der Waals surface area contributed by atoms with E-state index in [0.717, 1.165) is 11.7 Å². The summed E-state index contributed by atoms with van der Waals surface area (Å²) in [6.07, 6.45) is 4.33. The third-order valence-corrected chi connectivity index (χ3v) is 3.72. The molecule has 0 aromatic carbocycles. The number of nitrogens with zero attached hydrogens (tertiary/aromatic N) is 5. The van der Waals surface area contributed by atoms with Gasteiger partial charge in [-0.15, -0.1) is 10.2 Å². The molecule has 2 heterocycles. The Balaban J connectivity index is 1.80. The molecule has 19 heavy (non-hydrogen) atoms. The van der Waals surface area contributed by atoms with Gasteiger partial charge < -0.3 is 4.42 Å². The third kappa shape index (κ3) is 4.66. The van der Waals surface area contributed by atoms with Crippen LogP contribution >= 0.6 is 11.8 Å². The Morgan fingerprint density at radius 2 is 2.16 bits per heavy atom. The molecule has 1 unspecified atom stereocenters. The Labute approximate surface area is 117 Å². The molecule has 0 saturated heterocycles. The predicted octanol–water partition coefficient (Wildman–Crippen LogP) is 2.48. The van der Waals surface area contributed by atoms with Crippen molar-refractivity contribution in [3.05, 3.63) is 18.5 Å². The first-order chi connectivity index (χ1) is 9.13. The molecule has 104 valence electrons. The van der Waals surface area contributed by atoms with Crippen molar-refractivity contribution in [2.24, 2.45) is 11.8 Å². The van der Waals surface area contributed by atoms with Gasteiger partial charge in [0.1, 0.15) is 19.2 Å². The van der Waals surface area contributed by atoms with Crippen LogP contribution in [0.2, 0.25) is 0 Å². The second-order valence-corrected chi connectivity index (χ2v) is 6.07. The summed E-state index contributed by atoms with van der Waals surface area (Å²) in [6.45, 7) is 7.20. The van der Waals surface area contributed by atoms with Gasteiger partial charge in [-0.25, -0.2) is 9.67 Å². The zero-order valence-corrected chi connectivity index (χ0v) is 12.3. The highest BCUT2D eigenvalue weighted by Gasteiger charge is 2.11. The first-order valence-corrected chi connectivity index (χ1v) is 7.39. The summed E-state index contributed by atoms with van der Waals surface area (Å²) in [4.78, 5) is 3.87. The van der Waals surface area contributed by atoms with E-state index in [0.29, 0.717) is 23.6 Å². The van der Waals surface area contributed by atoms with Crippen LogP contribution in [0.3, 0.4) is 0 Å². The average Bonchev–Trinajstić information content (AvgIpc) is 2.98. The predicted molar refractivity (Wildman–Crippen MR) is 72.8 cm³/mol. The van der Waals surface area contributed by atoms with Crippen molar-refractivity contribution >= 4 is 11.8 Å². The van der Waals surface area contributed by atoms with Crippen LogP contribution in [0.15, 0.2) is 22.3 Å². The highest BCUT2D eigenvalue weighted by atomic mass is 32.2. The van der Waals surface area contributed by atoms with Gasteiger partial charge in [-0.1, -0.05) is 32.5 Å². The van der Waals surface area contributed by atoms with E-state index in [1.807, 2.05) is 0 Å². The molecule has 0 amide bonds. The van der Waals surface area contributed by atoms with E-state index in [2.05, 4.69) is 41.1 Å². The second-order valence-electron chi connectivity index (χ2n) is 5.10. The zero-order chi connectivity index (χ0) is 13.7. The third-order valence-electron chi connectivity index (χ3n) is 2.58. The van der Waals surface area contributed by atoms with Gasteiger partial charge >= 0.3 is 0 Å². The van der Waals surface area contributed by atoms with Crippen molar-refractivity contribution in [2.45, 2.75) is 39.0 Å². The highest BCUT2D eigenvalue weighted by molar-refractivity contribution is 7.99. The number of aromatic nitrogens is 5. The molecule has 6 nitrogen and oxygen atoms in total. The SMILES string of the molecule is CC(C)CC(C)CSc1nnc(Cn2cncn2)o1. The highest BCUT2D eigenvalue weighted by Crippen LogP contribution is 2.22. The quantitative estimate of drug-likeness (QED) is 0.726. The van der Waals surface area contributed by atoms with Crippen LogP contribution < -0.4 is 0 Å². The van der Waals surface area contributed by atoms with Gasteiger partial charge in [0, 0.05) is 5.75 Å². The van der Waals surface area contributed by atoms with Gasteiger partial charge in [0.05, 0.1) is 0 Å². The first kappa shape index (κ1) is 14.0. The molecule has 7 heteroatoms. The summed E-state index contributed by atoms with van der Waals surface area (Å²) < 4.78 is 7.22. The van der Waals surface area contributed by atoms with E-state index in [-0.39, 0.29) is 0 Å². The molecule has 0 aliphatic rings. The van der Waals surface area contributed by atoms with Crippen LogP contribution in [-0.2, 0) is 6.54 Å². The van der Waals surface area contributed by atoms with Gasteiger partial charge in [-0.05, 0) is 18.3 Å². The lowest BCUT2D eigenvalue weighted by molar-refractivity contribution is 0.396. The Morgan fingerprint density at radius 3 is 2.84 bits per heavy atom. The molecular formula is C12H19N5OS. The van der Waals surface area contributed by atoms with Crippen LogP contribution in [0.25, 0.3) is 0 Å². The van der Waals surface area contributed by atoms with Gasteiger partial charge in [0.2, 0.25) is 5.89 Å². The minimum Gasteiger partial charge on any atom is -0.414 e. The number of rotatable bonds is 7. The van der Waals surface area contributed by atoms with Crippen molar-refractivity contribution in [1.82, 2.24) is 25.0 Å². The molecule has 0 fully saturated rings. The summed E-state index contributed by atoms with van der Waals surface area (Å²) in [5.74, 6) is 2.93. The molecule has 1 atom stereocenters. The number of hydrogen-bond acceptors (Lipinski definition) is 6. The second kappa shape index (κ2) is 6.70. The van der Waals surface area contributed by atoms with Gasteiger partial charge in [0.15, 0.2) is 0 Å². The maximum Gasteiger partial charge on any atom is 0.276 e. The summed E-state index contributed by atoms with van der Waals surface area (Å²) in [5.41, 5.74) is 0. The lowest BCUT2D eigenvalue weighted by atomic mass is 10.0. The molecular weight excluding hydrogens is 262 g/mol. The Hall–Kier alpha value is -1.37. The van der Waals surface area contributed by atoms with Crippen LogP contribution in [0.4, 0.5) is 0 Å². The molecule has 0 aliphatic carbocycles. The van der Waals surface area contributed by atoms with E-state index < -0.39 is 0 Å². The van der Waals surface area contributed by atoms with Gasteiger partial charge in [-0.2, -0.15) is 5.10 Å². The Bertz CT molecular complexity index is 482. The van der Waals surface area contributed by atoms with Crippen LogP contribution in [-0.4, -0.2) is 30.7 Å². The Kier molecular flexibility index (Phi) is 4.95. The smallest absolute Gasteiger partial charge is 0.276 e. The van der Waals surface area contributed by atoms with Crippen molar-refractivity contribution in [2.75, 3.05) is 5.75 Å². The fraction of sp³-hybridized carbons (Fsp3) is 0.667. The van der Waals surface area contributed by atoms with Crippen molar-refractivity contribution in [3.8, 4) is 0 Å². The molecule has 2 aromatic rings. The van der Waals surface area contributed by atoms with Crippen molar-refractivity contribution < 1.29 is 4.42 Å². The summed E-state index contributed by atoms with van der Waals surface area (Å²) in [7, 11) is 0. The van der Waals surface area contributed by atoms with E-state index >= 15 is 0 Å². The fourth-order valence-electron chi connectivity index (χ4n) is 1.90. The van der Waals surface area contributed by atoms with E-state index in [9.17, 15) is 0 Å². The molecule has 0 saturated carbocycles.